The summed E-state index contributed by atoms with van der Waals surface area (Å²) < 4.78 is 10.6. The van der Waals surface area contributed by atoms with Gasteiger partial charge >= 0.3 is 5.97 Å². The van der Waals surface area contributed by atoms with Crippen molar-refractivity contribution in [3.8, 4) is 0 Å². The van der Waals surface area contributed by atoms with E-state index in [9.17, 15) is 4.79 Å². The van der Waals surface area contributed by atoms with Gasteiger partial charge in [0.15, 0.2) is 0 Å². The van der Waals surface area contributed by atoms with Gasteiger partial charge in [-0.1, -0.05) is 50.1 Å². The number of hydrogen-bond acceptors (Lipinski definition) is 3. The number of carbonyl (C=O) groups excluding carboxylic acids is 1. The summed E-state index contributed by atoms with van der Waals surface area (Å²) in [6, 6.07) is 9.54. The van der Waals surface area contributed by atoms with Crippen LogP contribution < -0.4 is 0 Å². The van der Waals surface area contributed by atoms with Gasteiger partial charge in [0.05, 0.1) is 13.2 Å². The van der Waals surface area contributed by atoms with Crippen LogP contribution in [-0.4, -0.2) is 19.2 Å². The zero-order valence-electron chi connectivity index (χ0n) is 10.1. The van der Waals surface area contributed by atoms with Gasteiger partial charge in [-0.2, -0.15) is 0 Å². The first-order chi connectivity index (χ1) is 8.29. The molecule has 1 aromatic carbocycles. The Morgan fingerprint density at radius 2 is 2.06 bits per heavy atom. The van der Waals surface area contributed by atoms with Gasteiger partial charge in [0.25, 0.3) is 0 Å². The minimum Gasteiger partial charge on any atom is -0.463 e. The van der Waals surface area contributed by atoms with E-state index in [2.05, 4.69) is 6.92 Å². The lowest BCUT2D eigenvalue weighted by atomic mass is 10.0. The summed E-state index contributed by atoms with van der Waals surface area (Å²) in [5, 5.41) is 0. The number of unbranched alkanes of at least 4 members (excludes halogenated alkanes) is 2. The molecule has 0 saturated carbocycles. The van der Waals surface area contributed by atoms with Gasteiger partial charge in [-0.3, -0.25) is 0 Å². The molecule has 1 unspecified atom stereocenters. The predicted octanol–water partition coefficient (Wildman–Crippen LogP) is 2.65. The Morgan fingerprint density at radius 3 is 2.65 bits per heavy atom. The number of benzene rings is 1. The number of epoxide rings is 1. The van der Waals surface area contributed by atoms with E-state index in [1.54, 1.807) is 0 Å². The van der Waals surface area contributed by atoms with Crippen molar-refractivity contribution in [3.05, 3.63) is 35.9 Å². The molecule has 0 aromatic heterocycles. The van der Waals surface area contributed by atoms with Crippen LogP contribution in [0.5, 0.6) is 0 Å². The molecule has 0 radical (unpaired) electrons. The predicted molar refractivity (Wildman–Crippen MR) is 64.6 cm³/mol. The molecule has 0 N–H and O–H groups in total. The van der Waals surface area contributed by atoms with Crippen molar-refractivity contribution in [3.63, 3.8) is 0 Å². The third-order valence-corrected chi connectivity index (χ3v) is 2.98. The second-order valence-corrected chi connectivity index (χ2v) is 4.32. The van der Waals surface area contributed by atoms with E-state index in [0.29, 0.717) is 13.2 Å². The van der Waals surface area contributed by atoms with E-state index in [1.165, 1.54) is 0 Å². The lowest BCUT2D eigenvalue weighted by Gasteiger charge is -2.11. The minimum absolute atomic E-state index is 0.250. The quantitative estimate of drug-likeness (QED) is 0.431. The van der Waals surface area contributed by atoms with Crippen LogP contribution in [0.3, 0.4) is 0 Å². The highest BCUT2D eigenvalue weighted by atomic mass is 16.6. The maximum absolute atomic E-state index is 11.9. The molecule has 2 rings (SSSR count). The van der Waals surface area contributed by atoms with Crippen molar-refractivity contribution in [2.75, 3.05) is 13.2 Å². The van der Waals surface area contributed by atoms with Crippen molar-refractivity contribution in [1.82, 2.24) is 0 Å². The molecular formula is C14H18O3. The van der Waals surface area contributed by atoms with E-state index in [0.717, 1.165) is 24.8 Å². The summed E-state index contributed by atoms with van der Waals surface area (Å²) in [4.78, 5) is 11.9. The van der Waals surface area contributed by atoms with Gasteiger partial charge in [-0.15, -0.1) is 0 Å². The number of ether oxygens (including phenoxy) is 2. The second kappa shape index (κ2) is 5.32. The lowest BCUT2D eigenvalue weighted by molar-refractivity contribution is -0.150. The van der Waals surface area contributed by atoms with Crippen LogP contribution in [0.25, 0.3) is 0 Å². The first-order valence-corrected chi connectivity index (χ1v) is 6.16. The zero-order valence-corrected chi connectivity index (χ0v) is 10.1. The van der Waals surface area contributed by atoms with Crippen LogP contribution in [-0.2, 0) is 19.9 Å². The van der Waals surface area contributed by atoms with Crippen LogP contribution in [0.1, 0.15) is 31.7 Å². The highest BCUT2D eigenvalue weighted by molar-refractivity contribution is 5.84. The minimum atomic E-state index is -0.812. The molecule has 3 nitrogen and oxygen atoms in total. The van der Waals surface area contributed by atoms with Gasteiger partial charge in [-0.05, 0) is 12.0 Å². The molecule has 1 heterocycles. The number of rotatable bonds is 6. The monoisotopic (exact) mass is 234 g/mol. The molecule has 92 valence electrons. The fourth-order valence-corrected chi connectivity index (χ4v) is 1.82. The Morgan fingerprint density at radius 1 is 1.35 bits per heavy atom. The average Bonchev–Trinajstić information content (AvgIpc) is 3.17. The number of esters is 1. The number of carbonyl (C=O) groups is 1. The van der Waals surface area contributed by atoms with Crippen molar-refractivity contribution in [1.29, 1.82) is 0 Å². The fraction of sp³-hybridized carbons (Fsp3) is 0.500. The number of hydrogen-bond donors (Lipinski definition) is 0. The topological polar surface area (TPSA) is 38.8 Å². The second-order valence-electron chi connectivity index (χ2n) is 4.32. The maximum atomic E-state index is 11.9. The Balaban J connectivity index is 1.91. The first kappa shape index (κ1) is 12.1. The van der Waals surface area contributed by atoms with Crippen molar-refractivity contribution < 1.29 is 14.3 Å². The summed E-state index contributed by atoms with van der Waals surface area (Å²) in [6.45, 7) is 3.05. The Hall–Kier alpha value is -1.35. The van der Waals surface area contributed by atoms with E-state index >= 15 is 0 Å². The summed E-state index contributed by atoms with van der Waals surface area (Å²) >= 11 is 0. The van der Waals surface area contributed by atoms with Crippen LogP contribution in [0.4, 0.5) is 0 Å². The molecule has 1 atom stereocenters. The fourth-order valence-electron chi connectivity index (χ4n) is 1.82. The smallest absolute Gasteiger partial charge is 0.345 e. The molecule has 17 heavy (non-hydrogen) atoms. The first-order valence-electron chi connectivity index (χ1n) is 6.16. The van der Waals surface area contributed by atoms with Crippen molar-refractivity contribution >= 4 is 5.97 Å². The van der Waals surface area contributed by atoms with E-state index < -0.39 is 5.60 Å². The molecule has 0 amide bonds. The van der Waals surface area contributed by atoms with Crippen LogP contribution in [0.15, 0.2) is 30.3 Å². The van der Waals surface area contributed by atoms with Crippen LogP contribution in [0, 0.1) is 0 Å². The van der Waals surface area contributed by atoms with Gasteiger partial charge in [0.1, 0.15) is 0 Å². The van der Waals surface area contributed by atoms with Crippen LogP contribution in [0.2, 0.25) is 0 Å². The Kier molecular flexibility index (Phi) is 3.79. The van der Waals surface area contributed by atoms with Crippen molar-refractivity contribution in [2.45, 2.75) is 31.8 Å². The maximum Gasteiger partial charge on any atom is 0.345 e. The largest absolute Gasteiger partial charge is 0.463 e. The summed E-state index contributed by atoms with van der Waals surface area (Å²) in [7, 11) is 0. The summed E-state index contributed by atoms with van der Waals surface area (Å²) in [6.07, 6.45) is 3.14. The highest BCUT2D eigenvalue weighted by Crippen LogP contribution is 2.39. The molecule has 3 heteroatoms. The van der Waals surface area contributed by atoms with Gasteiger partial charge in [-0.25, -0.2) is 4.79 Å². The van der Waals surface area contributed by atoms with Gasteiger partial charge < -0.3 is 9.47 Å². The molecule has 1 aromatic rings. The molecule has 0 bridgehead atoms. The molecule has 1 aliphatic heterocycles. The Labute approximate surface area is 102 Å². The molecule has 1 fully saturated rings. The molecule has 0 spiro atoms. The normalized spacial score (nSPS) is 22.2. The SMILES string of the molecule is CCCCCOC(=O)C1(c2ccccc2)CO1. The average molecular weight is 234 g/mol. The Bertz CT molecular complexity index is 368. The highest BCUT2D eigenvalue weighted by Gasteiger charge is 2.55. The molecular weight excluding hydrogens is 216 g/mol. The van der Waals surface area contributed by atoms with Gasteiger partial charge in [0.2, 0.25) is 5.60 Å². The summed E-state index contributed by atoms with van der Waals surface area (Å²) in [5.41, 5.74) is 0.0773. The third-order valence-electron chi connectivity index (χ3n) is 2.98. The molecule has 1 aliphatic rings. The zero-order chi connectivity index (χ0) is 12.1. The van der Waals surface area contributed by atoms with E-state index in [1.807, 2.05) is 30.3 Å². The molecule has 1 saturated heterocycles. The van der Waals surface area contributed by atoms with E-state index in [4.69, 9.17) is 9.47 Å². The van der Waals surface area contributed by atoms with Crippen LogP contribution >= 0.6 is 0 Å². The lowest BCUT2D eigenvalue weighted by Crippen LogP contribution is -2.25. The van der Waals surface area contributed by atoms with E-state index in [-0.39, 0.29) is 5.97 Å². The summed E-state index contributed by atoms with van der Waals surface area (Å²) in [5.74, 6) is -0.250. The third kappa shape index (κ3) is 2.67. The standard InChI is InChI=1S/C14H18O3/c1-2-3-7-10-16-13(15)14(11-17-14)12-8-5-4-6-9-12/h4-6,8-9H,2-3,7,10-11H2,1H3. The van der Waals surface area contributed by atoms with Crippen molar-refractivity contribution in [2.24, 2.45) is 0 Å². The van der Waals surface area contributed by atoms with Gasteiger partial charge in [0, 0.05) is 0 Å². The molecule has 0 aliphatic carbocycles.